The van der Waals surface area contributed by atoms with Crippen molar-refractivity contribution in [1.82, 2.24) is 4.98 Å². The first-order valence-electron chi connectivity index (χ1n) is 6.77. The van der Waals surface area contributed by atoms with Gasteiger partial charge in [-0.2, -0.15) is 0 Å². The Morgan fingerprint density at radius 1 is 1.00 bits per heavy atom. The molecule has 20 heavy (non-hydrogen) atoms. The minimum atomic E-state index is 1.08. The number of aryl methyl sites for hydroxylation is 2. The number of hydrogen-bond acceptors (Lipinski definition) is 1. The molecule has 0 bridgehead atoms. The first-order chi connectivity index (χ1) is 9.67. The van der Waals surface area contributed by atoms with E-state index in [1.165, 1.54) is 27.6 Å². The number of rotatable bonds is 2. The van der Waals surface area contributed by atoms with E-state index in [4.69, 9.17) is 0 Å². The molecule has 98 valence electrons. The molecule has 0 aliphatic carbocycles. The van der Waals surface area contributed by atoms with Gasteiger partial charge in [-0.1, -0.05) is 30.9 Å². The van der Waals surface area contributed by atoms with Gasteiger partial charge in [0.05, 0.1) is 5.52 Å². The highest BCUT2D eigenvalue weighted by atomic mass is 14.6. The van der Waals surface area contributed by atoms with Crippen LogP contribution >= 0.6 is 0 Å². The van der Waals surface area contributed by atoms with Crippen molar-refractivity contribution in [1.29, 1.82) is 0 Å². The number of nitrogens with zero attached hydrogens (tertiary/aromatic N) is 1. The minimum Gasteiger partial charge on any atom is -0.256 e. The zero-order chi connectivity index (χ0) is 14.1. The molecule has 1 nitrogen and oxygen atoms in total. The van der Waals surface area contributed by atoms with Gasteiger partial charge in [0, 0.05) is 11.6 Å². The third-order valence-corrected chi connectivity index (χ3v) is 3.56. The van der Waals surface area contributed by atoms with Gasteiger partial charge in [-0.15, -0.1) is 0 Å². The molecule has 0 atom stereocenters. The van der Waals surface area contributed by atoms with Crippen LogP contribution in [0.5, 0.6) is 0 Å². The molecule has 0 N–H and O–H groups in total. The summed E-state index contributed by atoms with van der Waals surface area (Å²) < 4.78 is 0. The van der Waals surface area contributed by atoms with Crippen LogP contribution in [0.15, 0.2) is 55.2 Å². The van der Waals surface area contributed by atoms with Crippen LogP contribution in [0.25, 0.3) is 28.1 Å². The van der Waals surface area contributed by atoms with Crippen molar-refractivity contribution in [2.45, 2.75) is 13.8 Å². The summed E-state index contributed by atoms with van der Waals surface area (Å²) in [6.07, 6.45) is 3.74. The van der Waals surface area contributed by atoms with E-state index in [0.29, 0.717) is 0 Å². The molecule has 0 radical (unpaired) electrons. The van der Waals surface area contributed by atoms with Crippen LogP contribution < -0.4 is 0 Å². The summed E-state index contributed by atoms with van der Waals surface area (Å²) in [5, 5.41) is 1.18. The van der Waals surface area contributed by atoms with Crippen LogP contribution in [-0.4, -0.2) is 4.98 Å². The third kappa shape index (κ3) is 2.23. The molecule has 0 spiro atoms. The van der Waals surface area contributed by atoms with Gasteiger partial charge in [-0.3, -0.25) is 4.98 Å². The number of pyridine rings is 1. The van der Waals surface area contributed by atoms with E-state index in [2.05, 4.69) is 61.8 Å². The Balaban J connectivity index is 2.24. The van der Waals surface area contributed by atoms with Gasteiger partial charge in [0.25, 0.3) is 0 Å². The van der Waals surface area contributed by atoms with E-state index >= 15 is 0 Å². The first-order valence-corrected chi connectivity index (χ1v) is 6.77. The molecule has 1 heterocycles. The minimum absolute atomic E-state index is 1.08. The maximum absolute atomic E-state index is 4.45. The van der Waals surface area contributed by atoms with Crippen LogP contribution in [-0.2, 0) is 0 Å². The Kier molecular flexibility index (Phi) is 3.11. The highest BCUT2D eigenvalue weighted by Gasteiger charge is 2.05. The number of fused-ring (bicyclic) bond motifs is 1. The highest BCUT2D eigenvalue weighted by Crippen LogP contribution is 2.28. The molecule has 0 aliphatic rings. The molecule has 0 saturated heterocycles. The van der Waals surface area contributed by atoms with Crippen LogP contribution in [0, 0.1) is 13.8 Å². The summed E-state index contributed by atoms with van der Waals surface area (Å²) >= 11 is 0. The predicted octanol–water partition coefficient (Wildman–Crippen LogP) is 5.16. The zero-order valence-electron chi connectivity index (χ0n) is 11.9. The average molecular weight is 259 g/mol. The van der Waals surface area contributed by atoms with E-state index in [-0.39, 0.29) is 0 Å². The lowest BCUT2D eigenvalue weighted by Crippen LogP contribution is -1.87. The summed E-state index contributed by atoms with van der Waals surface area (Å²) in [6.45, 7) is 8.10. The zero-order valence-corrected chi connectivity index (χ0v) is 11.9. The summed E-state index contributed by atoms with van der Waals surface area (Å²) in [5.41, 5.74) is 7.15. The first kappa shape index (κ1) is 12.6. The van der Waals surface area contributed by atoms with Crippen molar-refractivity contribution in [3.8, 4) is 11.1 Å². The molecular weight excluding hydrogens is 242 g/mol. The van der Waals surface area contributed by atoms with Gasteiger partial charge >= 0.3 is 0 Å². The van der Waals surface area contributed by atoms with Crippen molar-refractivity contribution in [2.24, 2.45) is 0 Å². The second-order valence-corrected chi connectivity index (χ2v) is 5.20. The normalized spacial score (nSPS) is 10.7. The molecular formula is C19H17N. The lowest BCUT2D eigenvalue weighted by atomic mass is 9.97. The van der Waals surface area contributed by atoms with E-state index in [1.54, 1.807) is 0 Å². The standard InChI is InChI=1S/C19H17N/c1-4-15-8-13(2)9-17(11-15)18-10-14(3)19-16(12-18)6-5-7-20-19/h4-12H,1H2,2-3H3. The molecule has 3 rings (SSSR count). The topological polar surface area (TPSA) is 12.9 Å². The summed E-state index contributed by atoms with van der Waals surface area (Å²) in [5.74, 6) is 0. The van der Waals surface area contributed by atoms with Gasteiger partial charge in [-0.05, 0) is 65.9 Å². The molecule has 1 heteroatoms. The lowest BCUT2D eigenvalue weighted by molar-refractivity contribution is 1.36. The maximum Gasteiger partial charge on any atom is 0.0731 e. The maximum atomic E-state index is 4.45. The predicted molar refractivity (Wildman–Crippen MR) is 86.7 cm³/mol. The summed E-state index contributed by atoms with van der Waals surface area (Å²) in [6, 6.07) is 15.0. The van der Waals surface area contributed by atoms with Crippen molar-refractivity contribution in [2.75, 3.05) is 0 Å². The van der Waals surface area contributed by atoms with E-state index in [9.17, 15) is 0 Å². The Morgan fingerprint density at radius 2 is 1.80 bits per heavy atom. The van der Waals surface area contributed by atoms with Crippen LogP contribution in [0.2, 0.25) is 0 Å². The fourth-order valence-corrected chi connectivity index (χ4v) is 2.64. The Labute approximate surface area is 119 Å². The van der Waals surface area contributed by atoms with Gasteiger partial charge in [0.1, 0.15) is 0 Å². The van der Waals surface area contributed by atoms with Crippen molar-refractivity contribution in [3.05, 3.63) is 71.9 Å². The molecule has 0 saturated carbocycles. The van der Waals surface area contributed by atoms with Gasteiger partial charge in [0.15, 0.2) is 0 Å². The second kappa shape index (κ2) is 4.93. The fraction of sp³-hybridized carbons (Fsp3) is 0.105. The monoisotopic (exact) mass is 259 g/mol. The second-order valence-electron chi connectivity index (χ2n) is 5.20. The van der Waals surface area contributed by atoms with E-state index < -0.39 is 0 Å². The average Bonchev–Trinajstić information content (AvgIpc) is 2.46. The molecule has 0 unspecified atom stereocenters. The van der Waals surface area contributed by atoms with Crippen molar-refractivity contribution < 1.29 is 0 Å². The quantitative estimate of drug-likeness (QED) is 0.619. The van der Waals surface area contributed by atoms with E-state index in [1.807, 2.05) is 18.3 Å². The molecule has 3 aromatic rings. The highest BCUT2D eigenvalue weighted by molar-refractivity contribution is 5.87. The smallest absolute Gasteiger partial charge is 0.0731 e. The van der Waals surface area contributed by atoms with E-state index in [0.717, 1.165) is 11.1 Å². The number of hydrogen-bond donors (Lipinski definition) is 0. The van der Waals surface area contributed by atoms with Crippen molar-refractivity contribution in [3.63, 3.8) is 0 Å². The molecule has 0 amide bonds. The largest absolute Gasteiger partial charge is 0.256 e. The molecule has 0 aliphatic heterocycles. The summed E-state index contributed by atoms with van der Waals surface area (Å²) in [4.78, 5) is 4.45. The third-order valence-electron chi connectivity index (χ3n) is 3.56. The summed E-state index contributed by atoms with van der Waals surface area (Å²) in [7, 11) is 0. The fourth-order valence-electron chi connectivity index (χ4n) is 2.64. The van der Waals surface area contributed by atoms with Gasteiger partial charge in [0.2, 0.25) is 0 Å². The molecule has 1 aromatic heterocycles. The van der Waals surface area contributed by atoms with Gasteiger partial charge < -0.3 is 0 Å². The van der Waals surface area contributed by atoms with Crippen LogP contribution in [0.1, 0.15) is 16.7 Å². The number of benzene rings is 2. The SMILES string of the molecule is C=Cc1cc(C)cc(-c2cc(C)c3ncccc3c2)c1. The van der Waals surface area contributed by atoms with Crippen molar-refractivity contribution >= 4 is 17.0 Å². The Bertz CT molecular complexity index is 800. The molecule has 0 fully saturated rings. The number of aromatic nitrogens is 1. The Hall–Kier alpha value is -2.41. The van der Waals surface area contributed by atoms with Crippen LogP contribution in [0.3, 0.4) is 0 Å². The molecule has 2 aromatic carbocycles. The van der Waals surface area contributed by atoms with Gasteiger partial charge in [-0.25, -0.2) is 0 Å². The Morgan fingerprint density at radius 3 is 2.60 bits per heavy atom. The lowest BCUT2D eigenvalue weighted by Gasteiger charge is -2.09. The van der Waals surface area contributed by atoms with Crippen LogP contribution in [0.4, 0.5) is 0 Å².